The number of rotatable bonds is 3. The predicted molar refractivity (Wildman–Crippen MR) is 82.1 cm³/mol. The van der Waals surface area contributed by atoms with Crippen molar-refractivity contribution < 1.29 is 4.79 Å². The number of aryl methyl sites for hydroxylation is 1. The summed E-state index contributed by atoms with van der Waals surface area (Å²) in [4.78, 5) is 28.4. The van der Waals surface area contributed by atoms with Gasteiger partial charge in [0.1, 0.15) is 5.82 Å². The normalized spacial score (nSPS) is 13.7. The molecule has 2 rings (SSSR count). The monoisotopic (exact) mass is 279 g/mol. The van der Waals surface area contributed by atoms with Crippen molar-refractivity contribution in [3.05, 3.63) is 27.5 Å². The molecule has 0 radical (unpaired) electrons. The van der Waals surface area contributed by atoms with Crippen LogP contribution in [-0.4, -0.2) is 24.0 Å². The third kappa shape index (κ3) is 4.11. The van der Waals surface area contributed by atoms with E-state index < -0.39 is 0 Å². The number of hydrogen-bond acceptors (Lipinski definition) is 3. The summed E-state index contributed by atoms with van der Waals surface area (Å²) in [5.41, 5.74) is 1.45. The fourth-order valence-corrected chi connectivity index (χ4v) is 2.26. The van der Waals surface area contributed by atoms with Crippen LogP contribution >= 0.6 is 0 Å². The van der Waals surface area contributed by atoms with Gasteiger partial charge in [-0.05, 0) is 19.8 Å². The summed E-state index contributed by atoms with van der Waals surface area (Å²) in [5, 5.41) is 2.66. The van der Waals surface area contributed by atoms with Gasteiger partial charge in [-0.2, -0.15) is 0 Å². The lowest BCUT2D eigenvalue weighted by Gasteiger charge is -2.18. The first-order valence-electron chi connectivity index (χ1n) is 7.30. The van der Waals surface area contributed by atoms with E-state index in [1.54, 1.807) is 6.07 Å². The van der Waals surface area contributed by atoms with Crippen LogP contribution < -0.4 is 15.6 Å². The minimum atomic E-state index is -0.127. The lowest BCUT2D eigenvalue weighted by Crippen LogP contribution is -2.27. The topological polar surface area (TPSA) is 65.2 Å². The highest BCUT2D eigenvalue weighted by molar-refractivity contribution is 5.72. The molecule has 1 aromatic heterocycles. The average molecular weight is 279 g/mol. The van der Waals surface area contributed by atoms with Crippen molar-refractivity contribution in [2.75, 3.05) is 18.0 Å². The number of aromatic nitrogens is 1. The number of hydrogen-bond donors (Lipinski definition) is 2. The number of pyridine rings is 1. The lowest BCUT2D eigenvalue weighted by atomic mass is 10.2. The standard InChI is InChI=1S/C13H19N3O2.C2H6/c1-9-11(8-14-10(2)17)12(18)7-13(15-9)16-5-3-4-6-16;1-2/h7H,3-6,8H2,1-2H3,(H,14,17)(H,15,18);1-2H3. The molecule has 1 saturated heterocycles. The van der Waals surface area contributed by atoms with Gasteiger partial charge in [-0.1, -0.05) is 13.8 Å². The molecule has 0 saturated carbocycles. The van der Waals surface area contributed by atoms with Gasteiger partial charge in [-0.3, -0.25) is 9.59 Å². The minimum absolute atomic E-state index is 0.0121. The van der Waals surface area contributed by atoms with Crippen LogP contribution in [0.25, 0.3) is 0 Å². The quantitative estimate of drug-likeness (QED) is 0.888. The van der Waals surface area contributed by atoms with E-state index in [-0.39, 0.29) is 17.9 Å². The number of carbonyl (C=O) groups excluding carboxylic acids is 1. The molecule has 0 aromatic carbocycles. The summed E-state index contributed by atoms with van der Waals surface area (Å²) in [6, 6.07) is 1.63. The highest BCUT2D eigenvalue weighted by Crippen LogP contribution is 2.17. The number of amides is 1. The first-order chi connectivity index (χ1) is 9.58. The van der Waals surface area contributed by atoms with Gasteiger partial charge in [0.05, 0.1) is 0 Å². The number of carbonyl (C=O) groups is 1. The highest BCUT2D eigenvalue weighted by Gasteiger charge is 2.15. The van der Waals surface area contributed by atoms with Crippen LogP contribution in [-0.2, 0) is 11.3 Å². The molecule has 1 amide bonds. The van der Waals surface area contributed by atoms with Crippen LogP contribution in [0.1, 0.15) is 44.9 Å². The largest absolute Gasteiger partial charge is 0.358 e. The Balaban J connectivity index is 0.000000956. The number of aromatic amines is 1. The van der Waals surface area contributed by atoms with Gasteiger partial charge in [0.2, 0.25) is 5.91 Å². The Kier molecular flexibility index (Phi) is 6.28. The van der Waals surface area contributed by atoms with E-state index in [2.05, 4.69) is 15.2 Å². The van der Waals surface area contributed by atoms with E-state index in [1.165, 1.54) is 19.8 Å². The Bertz CT molecular complexity index is 502. The Hall–Kier alpha value is -1.78. The lowest BCUT2D eigenvalue weighted by molar-refractivity contribution is -0.119. The van der Waals surface area contributed by atoms with Crippen LogP contribution in [0.2, 0.25) is 0 Å². The van der Waals surface area contributed by atoms with Gasteiger partial charge < -0.3 is 15.2 Å². The summed E-state index contributed by atoms with van der Waals surface area (Å²) in [6.07, 6.45) is 2.35. The fraction of sp³-hybridized carbons (Fsp3) is 0.600. The first-order valence-corrected chi connectivity index (χ1v) is 7.30. The molecule has 0 unspecified atom stereocenters. The molecule has 1 fully saturated rings. The van der Waals surface area contributed by atoms with E-state index in [0.717, 1.165) is 24.6 Å². The molecule has 2 N–H and O–H groups in total. The Morgan fingerprint density at radius 2 is 1.95 bits per heavy atom. The van der Waals surface area contributed by atoms with E-state index >= 15 is 0 Å². The van der Waals surface area contributed by atoms with E-state index in [1.807, 2.05) is 20.8 Å². The number of anilines is 1. The molecule has 1 aliphatic heterocycles. The second-order valence-electron chi connectivity index (χ2n) is 4.73. The third-order valence-corrected chi connectivity index (χ3v) is 3.29. The smallest absolute Gasteiger partial charge is 0.217 e. The highest BCUT2D eigenvalue weighted by atomic mass is 16.1. The van der Waals surface area contributed by atoms with E-state index in [0.29, 0.717) is 5.56 Å². The second-order valence-corrected chi connectivity index (χ2v) is 4.73. The SMILES string of the molecule is CC.CC(=O)NCc1c(C)[nH]c(N2CCCC2)cc1=O. The van der Waals surface area contributed by atoms with Gasteiger partial charge >= 0.3 is 0 Å². The molecular weight excluding hydrogens is 254 g/mol. The molecule has 2 heterocycles. The summed E-state index contributed by atoms with van der Waals surface area (Å²) in [5.74, 6) is 0.763. The van der Waals surface area contributed by atoms with Crippen LogP contribution in [0.3, 0.4) is 0 Å². The van der Waals surface area contributed by atoms with Crippen LogP contribution in [0.15, 0.2) is 10.9 Å². The van der Waals surface area contributed by atoms with Crippen LogP contribution in [0.4, 0.5) is 5.82 Å². The maximum atomic E-state index is 12.0. The van der Waals surface area contributed by atoms with Gasteiger partial charge in [0, 0.05) is 43.9 Å². The van der Waals surface area contributed by atoms with Crippen molar-refractivity contribution in [3.8, 4) is 0 Å². The van der Waals surface area contributed by atoms with Crippen molar-refractivity contribution >= 4 is 11.7 Å². The number of nitrogens with one attached hydrogen (secondary N) is 2. The average Bonchev–Trinajstić information content (AvgIpc) is 2.93. The summed E-state index contributed by atoms with van der Waals surface area (Å²) in [7, 11) is 0. The molecule has 0 bridgehead atoms. The third-order valence-electron chi connectivity index (χ3n) is 3.29. The van der Waals surface area contributed by atoms with Gasteiger partial charge in [0.15, 0.2) is 5.43 Å². The van der Waals surface area contributed by atoms with Gasteiger partial charge in [-0.25, -0.2) is 0 Å². The fourth-order valence-electron chi connectivity index (χ4n) is 2.26. The summed E-state index contributed by atoms with van der Waals surface area (Å²) in [6.45, 7) is 9.61. The van der Waals surface area contributed by atoms with Crippen molar-refractivity contribution in [2.24, 2.45) is 0 Å². The molecule has 0 atom stereocenters. The Morgan fingerprint density at radius 3 is 2.45 bits per heavy atom. The van der Waals surface area contributed by atoms with E-state index in [9.17, 15) is 9.59 Å². The second kappa shape index (κ2) is 7.72. The predicted octanol–water partition coefficient (Wildman–Crippen LogP) is 1.95. The molecule has 5 heteroatoms. The first kappa shape index (κ1) is 16.3. The molecule has 5 nitrogen and oxygen atoms in total. The zero-order chi connectivity index (χ0) is 15.1. The van der Waals surface area contributed by atoms with Crippen molar-refractivity contribution in [1.82, 2.24) is 10.3 Å². The van der Waals surface area contributed by atoms with Gasteiger partial charge in [-0.15, -0.1) is 0 Å². The van der Waals surface area contributed by atoms with Crippen molar-refractivity contribution in [3.63, 3.8) is 0 Å². The van der Waals surface area contributed by atoms with Crippen LogP contribution in [0.5, 0.6) is 0 Å². The molecule has 20 heavy (non-hydrogen) atoms. The number of nitrogens with zero attached hydrogens (tertiary/aromatic N) is 1. The van der Waals surface area contributed by atoms with Crippen molar-refractivity contribution in [2.45, 2.75) is 47.1 Å². The molecule has 0 aliphatic carbocycles. The zero-order valence-corrected chi connectivity index (χ0v) is 12.9. The summed E-state index contributed by atoms with van der Waals surface area (Å²) < 4.78 is 0. The Labute approximate surface area is 120 Å². The molecular formula is C15H25N3O2. The van der Waals surface area contributed by atoms with E-state index in [4.69, 9.17) is 0 Å². The zero-order valence-electron chi connectivity index (χ0n) is 12.9. The molecule has 1 aliphatic rings. The minimum Gasteiger partial charge on any atom is -0.358 e. The van der Waals surface area contributed by atoms with Crippen molar-refractivity contribution in [1.29, 1.82) is 0 Å². The summed E-state index contributed by atoms with van der Waals surface area (Å²) >= 11 is 0. The maximum Gasteiger partial charge on any atom is 0.217 e. The molecule has 1 aromatic rings. The molecule has 0 spiro atoms. The Morgan fingerprint density at radius 1 is 1.35 bits per heavy atom. The van der Waals surface area contributed by atoms with Gasteiger partial charge in [0.25, 0.3) is 0 Å². The maximum absolute atomic E-state index is 12.0. The number of H-pyrrole nitrogens is 1. The van der Waals surface area contributed by atoms with Crippen LogP contribution in [0, 0.1) is 6.92 Å². The molecule has 112 valence electrons.